The average molecular weight is 313 g/mol. The molecule has 4 heteroatoms. The number of hydrogen-bond acceptors (Lipinski definition) is 4. The van der Waals surface area contributed by atoms with E-state index in [1.807, 2.05) is 11.3 Å². The summed E-state index contributed by atoms with van der Waals surface area (Å²) in [5, 5.41) is 5.04. The number of hydrogen-bond donors (Lipinski definition) is 1. The molecule has 0 bridgehead atoms. The van der Waals surface area contributed by atoms with E-state index in [4.69, 9.17) is 0 Å². The minimum atomic E-state index is 0.767. The van der Waals surface area contributed by atoms with Crippen molar-refractivity contribution < 1.29 is 0 Å². The molecule has 0 saturated carbocycles. The predicted molar refractivity (Wildman–Crippen MR) is 92.8 cm³/mol. The Morgan fingerprint density at radius 2 is 2.00 bits per heavy atom. The summed E-state index contributed by atoms with van der Waals surface area (Å²) < 4.78 is 0. The zero-order valence-electron chi connectivity index (χ0n) is 13.2. The highest BCUT2D eigenvalue weighted by atomic mass is 32.2. The molecule has 1 N–H and O–H groups in total. The third-order valence-corrected chi connectivity index (χ3v) is 6.01. The van der Waals surface area contributed by atoms with Crippen molar-refractivity contribution in [2.45, 2.75) is 57.7 Å². The zero-order valence-corrected chi connectivity index (χ0v) is 14.9. The topological polar surface area (TPSA) is 15.3 Å². The Bertz CT molecular complexity index is 407. The van der Waals surface area contributed by atoms with Crippen LogP contribution in [0.5, 0.6) is 0 Å². The maximum absolute atomic E-state index is 3.50. The Hall–Kier alpha value is -0.0300. The first kappa shape index (κ1) is 16.3. The second kappa shape index (κ2) is 7.83. The zero-order chi connectivity index (χ0) is 14.5. The molecule has 114 valence electrons. The lowest BCUT2D eigenvalue weighted by Crippen LogP contribution is -2.39. The van der Waals surface area contributed by atoms with Crippen molar-refractivity contribution in [3.05, 3.63) is 21.4 Å². The smallest absolute Gasteiger partial charge is 0.0299 e. The molecule has 1 aromatic rings. The molecule has 1 aromatic heterocycles. The monoisotopic (exact) mass is 312 g/mol. The molecule has 2 unspecified atom stereocenters. The van der Waals surface area contributed by atoms with Crippen LogP contribution in [0.2, 0.25) is 0 Å². The quantitative estimate of drug-likeness (QED) is 0.803. The molecular weight excluding hydrogens is 284 g/mol. The van der Waals surface area contributed by atoms with Crippen LogP contribution in [-0.4, -0.2) is 35.0 Å². The molecular formula is C16H28N2S2. The summed E-state index contributed by atoms with van der Waals surface area (Å²) >= 11 is 4.09. The SMILES string of the molecule is CCCNCc1cc(CN2CC(C)SC(C)C2)c(C)s1. The lowest BCUT2D eigenvalue weighted by atomic mass is 10.2. The predicted octanol–water partition coefficient (Wildman–Crippen LogP) is 3.88. The molecule has 0 amide bonds. The third-order valence-electron chi connectivity index (χ3n) is 3.69. The van der Waals surface area contributed by atoms with Crippen molar-refractivity contribution in [2.75, 3.05) is 19.6 Å². The van der Waals surface area contributed by atoms with Gasteiger partial charge in [-0.15, -0.1) is 11.3 Å². The summed E-state index contributed by atoms with van der Waals surface area (Å²) in [6, 6.07) is 2.42. The van der Waals surface area contributed by atoms with E-state index < -0.39 is 0 Å². The molecule has 20 heavy (non-hydrogen) atoms. The van der Waals surface area contributed by atoms with E-state index in [2.05, 4.69) is 55.7 Å². The number of thioether (sulfide) groups is 1. The van der Waals surface area contributed by atoms with E-state index >= 15 is 0 Å². The Morgan fingerprint density at radius 3 is 2.65 bits per heavy atom. The second-order valence-corrected chi connectivity index (χ2v) is 9.14. The van der Waals surface area contributed by atoms with Gasteiger partial charge in [0.15, 0.2) is 0 Å². The standard InChI is InChI=1S/C16H28N2S2/c1-5-6-17-8-16-7-15(14(4)20-16)11-18-9-12(2)19-13(3)10-18/h7,12-13,17H,5-6,8-11H2,1-4H3. The fourth-order valence-electron chi connectivity index (χ4n) is 2.87. The fourth-order valence-corrected chi connectivity index (χ4v) is 5.28. The van der Waals surface area contributed by atoms with E-state index in [9.17, 15) is 0 Å². The Morgan fingerprint density at radius 1 is 1.30 bits per heavy atom. The minimum absolute atomic E-state index is 0.767. The van der Waals surface area contributed by atoms with Gasteiger partial charge in [0.25, 0.3) is 0 Å². The summed E-state index contributed by atoms with van der Waals surface area (Å²) in [4.78, 5) is 5.61. The summed E-state index contributed by atoms with van der Waals surface area (Å²) in [5.74, 6) is 0. The van der Waals surface area contributed by atoms with Crippen LogP contribution >= 0.6 is 23.1 Å². The van der Waals surface area contributed by atoms with Crippen LogP contribution in [0.15, 0.2) is 6.07 Å². The number of nitrogens with one attached hydrogen (secondary N) is 1. The molecule has 2 atom stereocenters. The lowest BCUT2D eigenvalue weighted by Gasteiger charge is -2.34. The van der Waals surface area contributed by atoms with Crippen molar-refractivity contribution >= 4 is 23.1 Å². The molecule has 2 nitrogen and oxygen atoms in total. The molecule has 1 aliphatic rings. The first-order chi connectivity index (χ1) is 9.58. The molecule has 1 aliphatic heterocycles. The van der Waals surface area contributed by atoms with Gasteiger partial charge in [-0.25, -0.2) is 0 Å². The van der Waals surface area contributed by atoms with Crippen LogP contribution in [0.25, 0.3) is 0 Å². The van der Waals surface area contributed by atoms with Gasteiger partial charge in [0.05, 0.1) is 0 Å². The van der Waals surface area contributed by atoms with Gasteiger partial charge in [0.2, 0.25) is 0 Å². The van der Waals surface area contributed by atoms with Gasteiger partial charge >= 0.3 is 0 Å². The van der Waals surface area contributed by atoms with Crippen LogP contribution in [0.3, 0.4) is 0 Å². The first-order valence-corrected chi connectivity index (χ1v) is 9.51. The summed E-state index contributed by atoms with van der Waals surface area (Å²) in [5.41, 5.74) is 1.54. The van der Waals surface area contributed by atoms with E-state index in [0.717, 1.165) is 30.1 Å². The maximum Gasteiger partial charge on any atom is 0.0299 e. The number of thiophene rings is 1. The molecule has 2 rings (SSSR count). The molecule has 0 aliphatic carbocycles. The molecule has 1 saturated heterocycles. The number of aryl methyl sites for hydroxylation is 1. The van der Waals surface area contributed by atoms with E-state index in [0.29, 0.717) is 0 Å². The fraction of sp³-hybridized carbons (Fsp3) is 0.750. The van der Waals surface area contributed by atoms with Crippen LogP contribution < -0.4 is 5.32 Å². The minimum Gasteiger partial charge on any atom is -0.312 e. The van der Waals surface area contributed by atoms with Gasteiger partial charge < -0.3 is 5.32 Å². The van der Waals surface area contributed by atoms with Crippen molar-refractivity contribution in [3.8, 4) is 0 Å². The second-order valence-electron chi connectivity index (χ2n) is 5.92. The molecule has 1 fully saturated rings. The van der Waals surface area contributed by atoms with Gasteiger partial charge in [-0.1, -0.05) is 20.8 Å². The van der Waals surface area contributed by atoms with Crippen LogP contribution in [0, 0.1) is 6.92 Å². The highest BCUT2D eigenvalue weighted by molar-refractivity contribution is 8.00. The van der Waals surface area contributed by atoms with Gasteiger partial charge in [0, 0.05) is 46.4 Å². The van der Waals surface area contributed by atoms with Crippen LogP contribution in [0.4, 0.5) is 0 Å². The first-order valence-electron chi connectivity index (χ1n) is 7.75. The molecule has 0 aromatic carbocycles. The molecule has 0 spiro atoms. The van der Waals surface area contributed by atoms with Crippen molar-refractivity contribution in [1.29, 1.82) is 0 Å². The van der Waals surface area contributed by atoms with E-state index in [-0.39, 0.29) is 0 Å². The third kappa shape index (κ3) is 4.76. The summed E-state index contributed by atoms with van der Waals surface area (Å²) in [7, 11) is 0. The average Bonchev–Trinajstić information content (AvgIpc) is 2.69. The van der Waals surface area contributed by atoms with Crippen LogP contribution in [-0.2, 0) is 13.1 Å². The summed E-state index contributed by atoms with van der Waals surface area (Å²) in [6.45, 7) is 14.9. The van der Waals surface area contributed by atoms with E-state index in [1.165, 1.54) is 34.8 Å². The highest BCUT2D eigenvalue weighted by Gasteiger charge is 2.22. The van der Waals surface area contributed by atoms with Gasteiger partial charge in [-0.05, 0) is 31.5 Å². The number of rotatable bonds is 6. The van der Waals surface area contributed by atoms with Gasteiger partial charge in [-0.3, -0.25) is 4.90 Å². The summed E-state index contributed by atoms with van der Waals surface area (Å²) in [6.07, 6.45) is 1.21. The van der Waals surface area contributed by atoms with E-state index in [1.54, 1.807) is 0 Å². The maximum atomic E-state index is 3.50. The van der Waals surface area contributed by atoms with Crippen LogP contribution in [0.1, 0.15) is 42.5 Å². The Labute approximate surface area is 132 Å². The van der Waals surface area contributed by atoms with Crippen molar-refractivity contribution in [3.63, 3.8) is 0 Å². The lowest BCUT2D eigenvalue weighted by molar-refractivity contribution is 0.263. The largest absolute Gasteiger partial charge is 0.312 e. The van der Waals surface area contributed by atoms with Gasteiger partial charge in [0.1, 0.15) is 0 Å². The Kier molecular flexibility index (Phi) is 6.40. The highest BCUT2D eigenvalue weighted by Crippen LogP contribution is 2.28. The van der Waals surface area contributed by atoms with Crippen molar-refractivity contribution in [2.24, 2.45) is 0 Å². The number of nitrogens with zero attached hydrogens (tertiary/aromatic N) is 1. The molecule has 0 radical (unpaired) electrons. The molecule has 2 heterocycles. The van der Waals surface area contributed by atoms with Crippen molar-refractivity contribution in [1.82, 2.24) is 10.2 Å². The normalized spacial score (nSPS) is 24.2. The van der Waals surface area contributed by atoms with Gasteiger partial charge in [-0.2, -0.15) is 11.8 Å². The Balaban J connectivity index is 1.91.